The Morgan fingerprint density at radius 2 is 1.52 bits per heavy atom. The molecule has 7 nitrogen and oxygen atoms in total. The summed E-state index contributed by atoms with van der Waals surface area (Å²) >= 11 is 5.84. The van der Waals surface area contributed by atoms with E-state index < -0.39 is 10.0 Å². The zero-order valence-corrected chi connectivity index (χ0v) is 20.9. The summed E-state index contributed by atoms with van der Waals surface area (Å²) in [5, 5.41) is 0.587. The molecular formula is C24H30ClN3O4S. The number of carbonyl (C=O) groups is 2. The van der Waals surface area contributed by atoms with Gasteiger partial charge in [-0.25, -0.2) is 8.42 Å². The molecule has 178 valence electrons. The third-order valence-corrected chi connectivity index (χ3v) is 8.75. The number of hydrogen-bond donors (Lipinski definition) is 2. The van der Waals surface area contributed by atoms with Gasteiger partial charge in [0.2, 0.25) is 21.8 Å². The normalized spacial score (nSPS) is 15.3. The lowest BCUT2D eigenvalue weighted by molar-refractivity contribution is -0.131. The Morgan fingerprint density at radius 3 is 2.06 bits per heavy atom. The minimum absolute atomic E-state index is 0.114. The molecule has 0 aliphatic carbocycles. The molecule has 2 N–H and O–H groups in total. The largest absolute Gasteiger partial charge is 0.273 e. The number of benzene rings is 2. The van der Waals surface area contributed by atoms with Crippen molar-refractivity contribution < 1.29 is 18.0 Å². The number of piperidine rings is 1. The third kappa shape index (κ3) is 5.75. The van der Waals surface area contributed by atoms with Crippen LogP contribution in [0.25, 0.3) is 0 Å². The second-order valence-electron chi connectivity index (χ2n) is 8.61. The molecule has 0 aromatic heterocycles. The van der Waals surface area contributed by atoms with Crippen molar-refractivity contribution in [2.75, 3.05) is 13.1 Å². The van der Waals surface area contributed by atoms with Crippen LogP contribution in [0.4, 0.5) is 0 Å². The molecule has 3 rings (SSSR count). The van der Waals surface area contributed by atoms with E-state index in [1.54, 1.807) is 24.3 Å². The molecule has 2 amide bonds. The van der Waals surface area contributed by atoms with Gasteiger partial charge in [0, 0.05) is 24.0 Å². The lowest BCUT2D eigenvalue weighted by atomic mass is 9.98. The first-order valence-corrected chi connectivity index (χ1v) is 12.7. The Balaban J connectivity index is 1.56. The van der Waals surface area contributed by atoms with Gasteiger partial charge >= 0.3 is 0 Å². The van der Waals surface area contributed by atoms with Gasteiger partial charge in [0.15, 0.2) is 0 Å². The summed E-state index contributed by atoms with van der Waals surface area (Å²) in [5.41, 5.74) is 9.10. The number of hydrazine groups is 1. The van der Waals surface area contributed by atoms with Crippen molar-refractivity contribution in [2.45, 2.75) is 51.9 Å². The van der Waals surface area contributed by atoms with Gasteiger partial charge in [0.05, 0.1) is 11.3 Å². The summed E-state index contributed by atoms with van der Waals surface area (Å²) in [5.74, 6) is -1.02. The number of rotatable bonds is 5. The number of hydrogen-bond acceptors (Lipinski definition) is 4. The van der Waals surface area contributed by atoms with Crippen molar-refractivity contribution in [2.24, 2.45) is 5.92 Å². The fourth-order valence-electron chi connectivity index (χ4n) is 4.12. The van der Waals surface area contributed by atoms with E-state index in [1.165, 1.54) is 4.31 Å². The summed E-state index contributed by atoms with van der Waals surface area (Å²) in [4.78, 5) is 25.0. The summed E-state index contributed by atoms with van der Waals surface area (Å²) in [6.45, 7) is 8.01. The number of carbonyl (C=O) groups excluding carboxylic acids is 2. The highest BCUT2D eigenvalue weighted by Crippen LogP contribution is 2.31. The number of nitrogens with zero attached hydrogens (tertiary/aromatic N) is 1. The maximum Gasteiger partial charge on any atom is 0.243 e. The van der Waals surface area contributed by atoms with Crippen molar-refractivity contribution in [1.82, 2.24) is 15.2 Å². The highest BCUT2D eigenvalue weighted by molar-refractivity contribution is 7.89. The molecule has 0 saturated carbocycles. The molecule has 0 spiro atoms. The fraction of sp³-hybridized carbons (Fsp3) is 0.417. The highest BCUT2D eigenvalue weighted by Gasteiger charge is 2.34. The van der Waals surface area contributed by atoms with Gasteiger partial charge in [-0.3, -0.25) is 20.4 Å². The number of halogens is 1. The Hall–Kier alpha value is -2.42. The molecular weight excluding hydrogens is 462 g/mol. The Kier molecular flexibility index (Phi) is 7.82. The number of aryl methyl sites for hydroxylation is 2. The molecule has 2 aromatic carbocycles. The number of amides is 2. The molecule has 0 atom stereocenters. The van der Waals surface area contributed by atoms with Crippen molar-refractivity contribution in [3.05, 3.63) is 63.2 Å². The minimum atomic E-state index is -3.66. The Morgan fingerprint density at radius 1 is 0.970 bits per heavy atom. The highest BCUT2D eigenvalue weighted by atomic mass is 35.5. The number of nitrogens with one attached hydrogen (secondary N) is 2. The van der Waals surface area contributed by atoms with E-state index in [4.69, 9.17) is 11.6 Å². The fourth-order valence-corrected chi connectivity index (χ4v) is 6.29. The van der Waals surface area contributed by atoms with Crippen LogP contribution in [0.5, 0.6) is 0 Å². The predicted molar refractivity (Wildman–Crippen MR) is 128 cm³/mol. The van der Waals surface area contributed by atoms with Crippen LogP contribution in [0.3, 0.4) is 0 Å². The van der Waals surface area contributed by atoms with E-state index in [2.05, 4.69) is 10.9 Å². The van der Waals surface area contributed by atoms with E-state index in [9.17, 15) is 18.0 Å². The molecule has 0 unspecified atom stereocenters. The van der Waals surface area contributed by atoms with Crippen LogP contribution in [0, 0.1) is 33.6 Å². The average molecular weight is 492 g/mol. The summed E-state index contributed by atoms with van der Waals surface area (Å²) in [7, 11) is -3.66. The third-order valence-electron chi connectivity index (χ3n) is 6.32. The van der Waals surface area contributed by atoms with Crippen LogP contribution >= 0.6 is 11.6 Å². The molecule has 33 heavy (non-hydrogen) atoms. The summed E-state index contributed by atoms with van der Waals surface area (Å²) in [6, 6.07) is 8.90. The van der Waals surface area contributed by atoms with Crippen molar-refractivity contribution in [3.8, 4) is 0 Å². The lowest BCUT2D eigenvalue weighted by Gasteiger charge is -2.31. The zero-order chi connectivity index (χ0) is 24.3. The van der Waals surface area contributed by atoms with E-state index in [0.717, 1.165) is 27.8 Å². The van der Waals surface area contributed by atoms with Gasteiger partial charge < -0.3 is 0 Å². The van der Waals surface area contributed by atoms with Crippen LogP contribution in [-0.4, -0.2) is 37.6 Å². The Labute approximate surface area is 200 Å². The van der Waals surface area contributed by atoms with Crippen LogP contribution in [0.2, 0.25) is 5.02 Å². The van der Waals surface area contributed by atoms with Gasteiger partial charge in [0.25, 0.3) is 0 Å². The zero-order valence-electron chi connectivity index (χ0n) is 19.4. The standard InChI is InChI=1S/C24H30ClN3O4S/c1-15-13-16(2)18(4)23(17(15)3)33(31,32)28-11-9-20(10-12-28)24(30)27-26-22(29)14-19-5-7-21(25)8-6-19/h5-8,13,20H,9-12,14H2,1-4H3,(H,26,29)(H,27,30). The monoisotopic (exact) mass is 491 g/mol. The second kappa shape index (κ2) is 10.2. The molecule has 1 aliphatic rings. The molecule has 0 bridgehead atoms. The molecule has 1 heterocycles. The maximum atomic E-state index is 13.4. The maximum absolute atomic E-state index is 13.4. The van der Waals surface area contributed by atoms with Crippen molar-refractivity contribution in [1.29, 1.82) is 0 Å². The molecule has 9 heteroatoms. The van der Waals surface area contributed by atoms with Gasteiger partial charge in [-0.15, -0.1) is 0 Å². The van der Waals surface area contributed by atoms with Crippen molar-refractivity contribution >= 4 is 33.4 Å². The summed E-state index contributed by atoms with van der Waals surface area (Å²) < 4.78 is 28.2. The van der Waals surface area contributed by atoms with Gasteiger partial charge in [-0.05, 0) is 80.5 Å². The van der Waals surface area contributed by atoms with E-state index in [1.807, 2.05) is 33.8 Å². The van der Waals surface area contributed by atoms with Crippen LogP contribution in [-0.2, 0) is 26.0 Å². The van der Waals surface area contributed by atoms with Crippen LogP contribution in [0.1, 0.15) is 40.7 Å². The topological polar surface area (TPSA) is 95.6 Å². The molecule has 1 saturated heterocycles. The SMILES string of the molecule is Cc1cc(C)c(C)c(S(=O)(=O)N2CCC(C(=O)NNC(=O)Cc3ccc(Cl)cc3)CC2)c1C. The second-order valence-corrected chi connectivity index (χ2v) is 10.9. The summed E-state index contributed by atoms with van der Waals surface area (Å²) in [6.07, 6.45) is 0.894. The smallest absolute Gasteiger partial charge is 0.243 e. The minimum Gasteiger partial charge on any atom is -0.273 e. The van der Waals surface area contributed by atoms with Gasteiger partial charge in [-0.2, -0.15) is 4.31 Å². The average Bonchev–Trinajstić information content (AvgIpc) is 2.78. The molecule has 0 radical (unpaired) electrons. The molecule has 2 aromatic rings. The quantitative estimate of drug-likeness (QED) is 0.627. The van der Waals surface area contributed by atoms with Crippen molar-refractivity contribution in [3.63, 3.8) is 0 Å². The van der Waals surface area contributed by atoms with E-state index in [0.29, 0.717) is 22.8 Å². The van der Waals surface area contributed by atoms with Crippen LogP contribution in [0.15, 0.2) is 35.2 Å². The van der Waals surface area contributed by atoms with Gasteiger partial charge in [0.1, 0.15) is 0 Å². The number of sulfonamides is 1. The molecule has 1 aliphatic heterocycles. The Bertz CT molecular complexity index is 1130. The van der Waals surface area contributed by atoms with E-state index in [-0.39, 0.29) is 37.2 Å². The first kappa shape index (κ1) is 25.2. The van der Waals surface area contributed by atoms with Crippen LogP contribution < -0.4 is 10.9 Å². The predicted octanol–water partition coefficient (Wildman–Crippen LogP) is 3.36. The van der Waals surface area contributed by atoms with E-state index >= 15 is 0 Å². The lowest BCUT2D eigenvalue weighted by Crippen LogP contribution is -2.48. The molecule has 1 fully saturated rings. The van der Waals surface area contributed by atoms with Gasteiger partial charge in [-0.1, -0.05) is 29.8 Å². The first-order chi connectivity index (χ1) is 15.5. The first-order valence-electron chi connectivity index (χ1n) is 10.9.